The summed E-state index contributed by atoms with van der Waals surface area (Å²) in [5, 5.41) is 0. The zero-order chi connectivity index (χ0) is 13.2. The van der Waals surface area contributed by atoms with E-state index in [1.807, 2.05) is 0 Å². The summed E-state index contributed by atoms with van der Waals surface area (Å²) in [5.41, 5.74) is -0.442. The number of carbonyl (C=O) groups is 1. The fourth-order valence-electron chi connectivity index (χ4n) is 3.11. The van der Waals surface area contributed by atoms with Gasteiger partial charge in [-0.05, 0) is 12.8 Å². The maximum Gasteiger partial charge on any atom is 0.391 e. The minimum atomic E-state index is -4.18. The summed E-state index contributed by atoms with van der Waals surface area (Å²) in [6, 6.07) is 0. The van der Waals surface area contributed by atoms with Crippen LogP contribution in [0.5, 0.6) is 0 Å². The number of hydrogen-bond donors (Lipinski definition) is 0. The molecule has 2 aliphatic carbocycles. The predicted octanol–water partition coefficient (Wildman–Crippen LogP) is 3.64. The molecule has 2 rings (SSSR count). The highest BCUT2D eigenvalue weighted by Gasteiger charge is 2.54. The van der Waals surface area contributed by atoms with Crippen LogP contribution in [0.15, 0.2) is 0 Å². The third-order valence-corrected chi connectivity index (χ3v) is 4.24. The van der Waals surface area contributed by atoms with E-state index in [2.05, 4.69) is 0 Å². The van der Waals surface area contributed by atoms with Crippen molar-refractivity contribution < 1.29 is 22.7 Å². The molecular formula is C13H19F3O2. The van der Waals surface area contributed by atoms with Crippen LogP contribution in [0.4, 0.5) is 13.2 Å². The molecule has 0 N–H and O–H groups in total. The van der Waals surface area contributed by atoms with Gasteiger partial charge in [0.25, 0.3) is 0 Å². The van der Waals surface area contributed by atoms with Crippen LogP contribution in [0.25, 0.3) is 0 Å². The van der Waals surface area contributed by atoms with Gasteiger partial charge in [0.15, 0.2) is 0 Å². The largest absolute Gasteiger partial charge is 0.391 e. The van der Waals surface area contributed by atoms with Gasteiger partial charge in [-0.2, -0.15) is 13.2 Å². The molecule has 1 atom stereocenters. The number of alkyl halides is 3. The van der Waals surface area contributed by atoms with E-state index < -0.39 is 18.0 Å². The van der Waals surface area contributed by atoms with Crippen LogP contribution in [0.2, 0.25) is 0 Å². The molecule has 0 heterocycles. The van der Waals surface area contributed by atoms with Gasteiger partial charge in [-0.3, -0.25) is 4.79 Å². The van der Waals surface area contributed by atoms with Gasteiger partial charge in [0, 0.05) is 6.42 Å². The number of halogens is 3. The fraction of sp³-hybridized carbons (Fsp3) is 0.923. The minimum absolute atomic E-state index is 0.196. The normalized spacial score (nSPS) is 27.9. The van der Waals surface area contributed by atoms with Gasteiger partial charge in [0.1, 0.15) is 5.78 Å². The summed E-state index contributed by atoms with van der Waals surface area (Å²) >= 11 is 0. The van der Waals surface area contributed by atoms with Crippen molar-refractivity contribution in [2.75, 3.05) is 6.61 Å². The van der Waals surface area contributed by atoms with Crippen LogP contribution >= 0.6 is 0 Å². The Morgan fingerprint density at radius 1 is 1.17 bits per heavy atom. The lowest BCUT2D eigenvalue weighted by atomic mass is 9.60. The molecule has 1 spiro atoms. The molecule has 2 aliphatic rings. The first-order valence-corrected chi connectivity index (χ1v) is 6.66. The van der Waals surface area contributed by atoms with Crippen LogP contribution < -0.4 is 0 Å². The first-order chi connectivity index (χ1) is 8.44. The molecular weight excluding hydrogens is 245 g/mol. The van der Waals surface area contributed by atoms with Crippen molar-refractivity contribution in [3.63, 3.8) is 0 Å². The average Bonchev–Trinajstić information content (AvgIpc) is 2.54. The summed E-state index contributed by atoms with van der Waals surface area (Å²) in [7, 11) is 0. The number of carbonyl (C=O) groups excluding carboxylic acids is 1. The summed E-state index contributed by atoms with van der Waals surface area (Å²) in [4.78, 5) is 11.8. The number of rotatable bonds is 3. The second-order valence-corrected chi connectivity index (χ2v) is 5.42. The summed E-state index contributed by atoms with van der Waals surface area (Å²) in [6.07, 6.45) is 0.733. The predicted molar refractivity (Wildman–Crippen MR) is 60.2 cm³/mol. The highest BCUT2D eigenvalue weighted by molar-refractivity contribution is 5.92. The molecule has 0 aliphatic heterocycles. The zero-order valence-corrected chi connectivity index (χ0v) is 10.4. The maximum atomic E-state index is 12.1. The molecule has 2 nitrogen and oxygen atoms in total. The number of Topliss-reactive ketones (excluding diaryl/α,β-unsaturated/α-hetero) is 1. The Bertz CT molecular complexity index is 304. The van der Waals surface area contributed by atoms with E-state index >= 15 is 0 Å². The van der Waals surface area contributed by atoms with Crippen LogP contribution in [0.3, 0.4) is 0 Å². The average molecular weight is 264 g/mol. The lowest BCUT2D eigenvalue weighted by Crippen LogP contribution is -2.55. The van der Waals surface area contributed by atoms with Crippen LogP contribution in [0, 0.1) is 5.41 Å². The monoisotopic (exact) mass is 264 g/mol. The number of ketones is 1. The molecule has 2 saturated carbocycles. The third-order valence-electron chi connectivity index (χ3n) is 4.24. The summed E-state index contributed by atoms with van der Waals surface area (Å²) in [5.74, 6) is 0.196. The Morgan fingerprint density at radius 2 is 1.78 bits per heavy atom. The van der Waals surface area contributed by atoms with E-state index in [9.17, 15) is 18.0 Å². The molecule has 0 radical (unpaired) electrons. The van der Waals surface area contributed by atoms with Gasteiger partial charge in [0.05, 0.1) is 24.5 Å². The first kappa shape index (κ1) is 13.8. The highest BCUT2D eigenvalue weighted by atomic mass is 19.4. The lowest BCUT2D eigenvalue weighted by Gasteiger charge is -2.47. The summed E-state index contributed by atoms with van der Waals surface area (Å²) in [6.45, 7) is -0.316. The number of ether oxygens (including phenoxy) is 1. The van der Waals surface area contributed by atoms with E-state index in [0.717, 1.165) is 38.5 Å². The van der Waals surface area contributed by atoms with Crippen molar-refractivity contribution in [3.05, 3.63) is 0 Å². The second kappa shape index (κ2) is 5.19. The van der Waals surface area contributed by atoms with Crippen molar-refractivity contribution in [1.29, 1.82) is 0 Å². The van der Waals surface area contributed by atoms with Crippen molar-refractivity contribution in [2.24, 2.45) is 5.41 Å². The summed E-state index contributed by atoms with van der Waals surface area (Å²) < 4.78 is 41.5. The van der Waals surface area contributed by atoms with E-state index in [4.69, 9.17) is 4.74 Å². The Hall–Kier alpha value is -0.580. The van der Waals surface area contributed by atoms with Gasteiger partial charge in [-0.15, -0.1) is 0 Å². The minimum Gasteiger partial charge on any atom is -0.376 e. The Labute approximate surface area is 105 Å². The van der Waals surface area contributed by atoms with Gasteiger partial charge < -0.3 is 4.74 Å². The van der Waals surface area contributed by atoms with Crippen molar-refractivity contribution >= 4 is 5.78 Å². The highest BCUT2D eigenvalue weighted by Crippen LogP contribution is 2.49. The first-order valence-electron chi connectivity index (χ1n) is 6.66. The van der Waals surface area contributed by atoms with E-state index in [0.29, 0.717) is 6.42 Å². The smallest absolute Gasteiger partial charge is 0.376 e. The lowest BCUT2D eigenvalue weighted by molar-refractivity contribution is -0.179. The van der Waals surface area contributed by atoms with Crippen molar-refractivity contribution in [1.82, 2.24) is 0 Å². The topological polar surface area (TPSA) is 26.3 Å². The Morgan fingerprint density at radius 3 is 2.28 bits per heavy atom. The van der Waals surface area contributed by atoms with Crippen LogP contribution in [0.1, 0.15) is 51.4 Å². The van der Waals surface area contributed by atoms with E-state index in [1.54, 1.807) is 0 Å². The van der Waals surface area contributed by atoms with Gasteiger partial charge >= 0.3 is 6.18 Å². The molecule has 1 unspecified atom stereocenters. The fourth-order valence-corrected chi connectivity index (χ4v) is 3.11. The van der Waals surface area contributed by atoms with Crippen molar-refractivity contribution in [3.8, 4) is 0 Å². The third kappa shape index (κ3) is 2.87. The van der Waals surface area contributed by atoms with Gasteiger partial charge in [-0.1, -0.05) is 25.7 Å². The molecule has 18 heavy (non-hydrogen) atoms. The molecule has 5 heteroatoms. The SMILES string of the molecule is O=C1CC(OCCC(F)(F)F)C12CCCCCC2. The van der Waals surface area contributed by atoms with E-state index in [1.165, 1.54) is 0 Å². The molecule has 0 aromatic rings. The molecule has 2 fully saturated rings. The second-order valence-electron chi connectivity index (χ2n) is 5.42. The van der Waals surface area contributed by atoms with E-state index in [-0.39, 0.29) is 18.5 Å². The van der Waals surface area contributed by atoms with Crippen molar-refractivity contribution in [2.45, 2.75) is 63.6 Å². The number of hydrogen-bond acceptors (Lipinski definition) is 2. The Kier molecular flexibility index (Phi) is 3.99. The standard InChI is InChI=1S/C13H19F3O2/c14-13(15,16)7-8-18-11-9-10(17)12(11)5-3-1-2-4-6-12/h11H,1-9H2. The molecule has 0 saturated heterocycles. The molecule has 0 bridgehead atoms. The Balaban J connectivity index is 1.87. The molecule has 104 valence electrons. The quantitative estimate of drug-likeness (QED) is 0.778. The molecule has 0 aromatic heterocycles. The zero-order valence-electron chi connectivity index (χ0n) is 10.4. The van der Waals surface area contributed by atoms with Gasteiger partial charge in [-0.25, -0.2) is 0 Å². The van der Waals surface area contributed by atoms with Crippen LogP contribution in [-0.2, 0) is 9.53 Å². The van der Waals surface area contributed by atoms with Crippen LogP contribution in [-0.4, -0.2) is 24.7 Å². The molecule has 0 amide bonds. The maximum absolute atomic E-state index is 12.1. The van der Waals surface area contributed by atoms with Gasteiger partial charge in [0.2, 0.25) is 0 Å². The molecule has 0 aromatic carbocycles.